The van der Waals surface area contributed by atoms with Crippen molar-refractivity contribution in [2.75, 3.05) is 0 Å². The third-order valence-electron chi connectivity index (χ3n) is 3.28. The van der Waals surface area contributed by atoms with Crippen LogP contribution in [0.4, 0.5) is 5.69 Å². The summed E-state index contributed by atoms with van der Waals surface area (Å²) in [6.45, 7) is 3.92. The largest absolute Gasteiger partial charge is 0.322 e. The molecule has 1 aliphatic carbocycles. The van der Waals surface area contributed by atoms with Crippen LogP contribution in [0.1, 0.15) is 37.3 Å². The van der Waals surface area contributed by atoms with Crippen molar-refractivity contribution in [1.82, 2.24) is 4.98 Å². The van der Waals surface area contributed by atoms with Gasteiger partial charge in [0.15, 0.2) is 0 Å². The van der Waals surface area contributed by atoms with E-state index in [2.05, 4.69) is 4.98 Å². The Hall–Kier alpha value is -2.16. The molecule has 1 N–H and O–H groups in total. The molecule has 1 atom stereocenters. The first kappa shape index (κ1) is 11.3. The summed E-state index contributed by atoms with van der Waals surface area (Å²) in [5.41, 5.74) is -0.655. The first-order chi connectivity index (χ1) is 7.88. The van der Waals surface area contributed by atoms with Gasteiger partial charge < -0.3 is 4.98 Å². The number of nitrogens with one attached hydrogen (secondary N) is 1. The van der Waals surface area contributed by atoms with Crippen LogP contribution < -0.4 is 5.56 Å². The van der Waals surface area contributed by atoms with Crippen molar-refractivity contribution >= 4 is 5.69 Å². The summed E-state index contributed by atoms with van der Waals surface area (Å²) >= 11 is 0. The Labute approximate surface area is 97.0 Å². The van der Waals surface area contributed by atoms with E-state index >= 15 is 0 Å². The van der Waals surface area contributed by atoms with E-state index < -0.39 is 10.5 Å². The number of aromatic nitrogens is 1. The topological polar surface area (TPSA) is 99.8 Å². The molecular weight excluding hydrogens is 222 g/mol. The number of H-pyrrole nitrogens is 1. The Bertz CT molecular complexity index is 595. The summed E-state index contributed by atoms with van der Waals surface area (Å²) in [7, 11) is 0. The van der Waals surface area contributed by atoms with Gasteiger partial charge in [0.05, 0.1) is 16.7 Å². The number of nitro groups is 1. The van der Waals surface area contributed by atoms with Crippen molar-refractivity contribution in [3.05, 3.63) is 37.8 Å². The van der Waals surface area contributed by atoms with Gasteiger partial charge in [0.2, 0.25) is 0 Å². The van der Waals surface area contributed by atoms with Gasteiger partial charge in [-0.3, -0.25) is 14.9 Å². The van der Waals surface area contributed by atoms with E-state index in [1.54, 1.807) is 6.07 Å². The fourth-order valence-corrected chi connectivity index (χ4v) is 2.11. The van der Waals surface area contributed by atoms with Crippen LogP contribution in [-0.2, 0) is 0 Å². The second kappa shape index (κ2) is 3.42. The molecule has 0 radical (unpaired) electrons. The van der Waals surface area contributed by atoms with Crippen molar-refractivity contribution in [3.8, 4) is 6.07 Å². The van der Waals surface area contributed by atoms with Crippen LogP contribution in [0.2, 0.25) is 0 Å². The first-order valence-corrected chi connectivity index (χ1v) is 5.18. The molecule has 1 saturated carbocycles. The van der Waals surface area contributed by atoms with E-state index in [9.17, 15) is 14.9 Å². The van der Waals surface area contributed by atoms with Gasteiger partial charge in [-0.15, -0.1) is 0 Å². The molecule has 0 aromatic carbocycles. The van der Waals surface area contributed by atoms with Crippen LogP contribution in [0, 0.1) is 26.9 Å². The Morgan fingerprint density at radius 2 is 2.24 bits per heavy atom. The van der Waals surface area contributed by atoms with Crippen LogP contribution in [0.25, 0.3) is 0 Å². The number of hydrogen-bond donors (Lipinski definition) is 1. The van der Waals surface area contributed by atoms with Gasteiger partial charge in [0.25, 0.3) is 11.2 Å². The molecule has 1 aliphatic rings. The predicted molar refractivity (Wildman–Crippen MR) is 59.6 cm³/mol. The highest BCUT2D eigenvalue weighted by molar-refractivity contribution is 5.53. The zero-order valence-corrected chi connectivity index (χ0v) is 9.48. The highest BCUT2D eigenvalue weighted by Crippen LogP contribution is 2.60. The van der Waals surface area contributed by atoms with Gasteiger partial charge in [-0.05, 0) is 17.8 Å². The number of nitrogens with zero attached hydrogens (tertiary/aromatic N) is 2. The Kier molecular flexibility index (Phi) is 2.28. The molecule has 1 aromatic rings. The fourth-order valence-electron chi connectivity index (χ4n) is 2.11. The molecule has 0 saturated heterocycles. The minimum absolute atomic E-state index is 0.0792. The smallest absolute Gasteiger partial charge is 0.290 e. The lowest BCUT2D eigenvalue weighted by Crippen LogP contribution is -2.15. The van der Waals surface area contributed by atoms with Gasteiger partial charge in [-0.25, -0.2) is 0 Å². The van der Waals surface area contributed by atoms with Gasteiger partial charge in [0.1, 0.15) is 11.6 Å². The quantitative estimate of drug-likeness (QED) is 0.620. The number of pyridine rings is 1. The number of nitriles is 1. The van der Waals surface area contributed by atoms with Gasteiger partial charge in [0, 0.05) is 0 Å². The molecule has 0 spiro atoms. The number of hydrogen-bond acceptors (Lipinski definition) is 4. The molecule has 1 unspecified atom stereocenters. The van der Waals surface area contributed by atoms with Crippen molar-refractivity contribution in [1.29, 1.82) is 5.26 Å². The SMILES string of the molecule is CC1(C)CC1c1c([N+](=O)[O-])c[nH]c(=O)c1C#N. The van der Waals surface area contributed by atoms with Crippen LogP contribution in [0.5, 0.6) is 0 Å². The lowest BCUT2D eigenvalue weighted by molar-refractivity contribution is -0.386. The molecule has 1 fully saturated rings. The van der Waals surface area contributed by atoms with E-state index in [1.807, 2.05) is 13.8 Å². The summed E-state index contributed by atoms with van der Waals surface area (Å²) in [6, 6.07) is 1.77. The molecule has 17 heavy (non-hydrogen) atoms. The van der Waals surface area contributed by atoms with Gasteiger partial charge in [-0.1, -0.05) is 13.8 Å². The summed E-state index contributed by atoms with van der Waals surface area (Å²) in [5.74, 6) is -0.0835. The predicted octanol–water partition coefficient (Wildman–Crippen LogP) is 1.67. The number of rotatable bonds is 2. The second-order valence-electron chi connectivity index (χ2n) is 4.91. The fraction of sp³-hybridized carbons (Fsp3) is 0.455. The molecule has 2 rings (SSSR count). The van der Waals surface area contributed by atoms with Gasteiger partial charge in [-0.2, -0.15) is 5.26 Å². The molecular formula is C11H11N3O3. The van der Waals surface area contributed by atoms with Crippen LogP contribution in [0.3, 0.4) is 0 Å². The summed E-state index contributed by atoms with van der Waals surface area (Å²) in [5, 5.41) is 19.9. The molecule has 0 aliphatic heterocycles. The third-order valence-corrected chi connectivity index (χ3v) is 3.28. The zero-order valence-electron chi connectivity index (χ0n) is 9.48. The second-order valence-corrected chi connectivity index (χ2v) is 4.91. The summed E-state index contributed by atoms with van der Waals surface area (Å²) in [6.07, 6.45) is 1.83. The minimum atomic E-state index is -0.559. The summed E-state index contributed by atoms with van der Waals surface area (Å²) in [4.78, 5) is 24.1. The van der Waals surface area contributed by atoms with Crippen molar-refractivity contribution in [3.63, 3.8) is 0 Å². The lowest BCUT2D eigenvalue weighted by atomic mass is 9.98. The highest BCUT2D eigenvalue weighted by Gasteiger charge is 2.50. The van der Waals surface area contributed by atoms with E-state index in [1.165, 1.54) is 0 Å². The van der Waals surface area contributed by atoms with Crippen molar-refractivity contribution < 1.29 is 4.92 Å². The average molecular weight is 233 g/mol. The molecule has 88 valence electrons. The van der Waals surface area contributed by atoms with E-state index in [0.717, 1.165) is 12.6 Å². The normalized spacial score (nSPS) is 20.6. The zero-order chi connectivity index (χ0) is 12.8. The van der Waals surface area contributed by atoms with E-state index in [4.69, 9.17) is 5.26 Å². The average Bonchev–Trinajstić information content (AvgIpc) is 2.86. The van der Waals surface area contributed by atoms with Crippen LogP contribution >= 0.6 is 0 Å². The van der Waals surface area contributed by atoms with Gasteiger partial charge >= 0.3 is 0 Å². The highest BCUT2D eigenvalue weighted by atomic mass is 16.6. The molecule has 1 heterocycles. The molecule has 6 heteroatoms. The lowest BCUT2D eigenvalue weighted by Gasteiger charge is -2.06. The van der Waals surface area contributed by atoms with E-state index in [-0.39, 0.29) is 28.1 Å². The maximum atomic E-state index is 11.5. The van der Waals surface area contributed by atoms with Crippen LogP contribution in [0.15, 0.2) is 11.0 Å². The number of aromatic amines is 1. The molecule has 6 nitrogen and oxygen atoms in total. The van der Waals surface area contributed by atoms with Crippen molar-refractivity contribution in [2.24, 2.45) is 5.41 Å². The maximum absolute atomic E-state index is 11.5. The molecule has 0 bridgehead atoms. The minimum Gasteiger partial charge on any atom is -0.322 e. The monoisotopic (exact) mass is 233 g/mol. The Morgan fingerprint density at radius 3 is 2.65 bits per heavy atom. The van der Waals surface area contributed by atoms with Crippen LogP contribution in [-0.4, -0.2) is 9.91 Å². The third kappa shape index (κ3) is 1.69. The van der Waals surface area contributed by atoms with Crippen molar-refractivity contribution in [2.45, 2.75) is 26.2 Å². The Morgan fingerprint density at radius 1 is 1.65 bits per heavy atom. The maximum Gasteiger partial charge on any atom is 0.290 e. The Balaban J connectivity index is 2.70. The standard InChI is InChI=1S/C11H11N3O3/c1-11(2)3-7(11)9-6(4-12)10(15)13-5-8(9)14(16)17/h5,7H,3H2,1-2H3,(H,13,15). The van der Waals surface area contributed by atoms with E-state index in [0.29, 0.717) is 0 Å². The first-order valence-electron chi connectivity index (χ1n) is 5.18. The molecule has 0 amide bonds. The molecule has 1 aromatic heterocycles. The summed E-state index contributed by atoms with van der Waals surface area (Å²) < 4.78 is 0.